The molecule has 0 aromatic carbocycles. The van der Waals surface area contributed by atoms with Gasteiger partial charge in [-0.2, -0.15) is 0 Å². The minimum Gasteiger partial charge on any atom is -0.351 e. The topological polar surface area (TPSA) is 123 Å². The first-order valence-electron chi connectivity index (χ1n) is 8.28. The van der Waals surface area contributed by atoms with Crippen molar-refractivity contribution in [3.05, 3.63) is 0 Å². The lowest BCUT2D eigenvalue weighted by Crippen LogP contribution is -2.54. The second-order valence-corrected chi connectivity index (χ2v) is 8.95. The first-order valence-corrected chi connectivity index (χ1v) is 10.0. The van der Waals surface area contributed by atoms with Crippen molar-refractivity contribution < 1.29 is 28.0 Å². The number of hydrogen-bond acceptors (Lipinski definition) is 6. The third kappa shape index (κ3) is 6.41. The van der Waals surface area contributed by atoms with Crippen molar-refractivity contribution >= 4 is 25.4 Å². The lowest BCUT2D eigenvalue weighted by atomic mass is 9.85. The van der Waals surface area contributed by atoms with Gasteiger partial charge in [-0.15, -0.1) is 0 Å². The summed E-state index contributed by atoms with van der Waals surface area (Å²) in [5.41, 5.74) is -1.86. The van der Waals surface area contributed by atoms with Gasteiger partial charge in [-0.25, -0.2) is 4.79 Å². The van der Waals surface area contributed by atoms with Crippen molar-refractivity contribution in [2.24, 2.45) is 0 Å². The highest BCUT2D eigenvalue weighted by Crippen LogP contribution is 2.48. The zero-order valence-electron chi connectivity index (χ0n) is 15.4. The van der Waals surface area contributed by atoms with E-state index in [1.54, 1.807) is 34.6 Å². The quantitative estimate of drug-likeness (QED) is 0.392. The molecule has 0 saturated carbocycles. The number of carbonyl (C=O) groups excluding carboxylic acids is 3. The van der Waals surface area contributed by atoms with E-state index in [0.717, 1.165) is 0 Å². The van der Waals surface area contributed by atoms with Crippen molar-refractivity contribution in [2.75, 3.05) is 19.4 Å². The monoisotopic (exact) mass is 377 g/mol. The summed E-state index contributed by atoms with van der Waals surface area (Å²) < 4.78 is 22.7. The Labute approximate surface area is 148 Å². The van der Waals surface area contributed by atoms with Gasteiger partial charge in [0.2, 0.25) is 5.91 Å². The summed E-state index contributed by atoms with van der Waals surface area (Å²) in [6, 6.07) is -0.552. The standard InChI is InChI=1S/C15H28N3O6P/c1-6-23-25(22,24-7-2)9-8-11(19)17-14(3,4)10-15(5)12(20)16-13(21)18-15/h6-10H2,1-5H3,(H,17,19)(H2,16,18,20,21). The van der Waals surface area contributed by atoms with E-state index in [1.807, 2.05) is 0 Å². The second kappa shape index (κ2) is 8.29. The van der Waals surface area contributed by atoms with Crippen molar-refractivity contribution in [1.29, 1.82) is 0 Å². The third-order valence-corrected chi connectivity index (χ3v) is 5.73. The third-order valence-electron chi connectivity index (χ3n) is 3.66. The van der Waals surface area contributed by atoms with Gasteiger partial charge in [-0.1, -0.05) is 0 Å². The Morgan fingerprint density at radius 2 is 1.80 bits per heavy atom. The van der Waals surface area contributed by atoms with Crippen LogP contribution in [0.15, 0.2) is 0 Å². The van der Waals surface area contributed by atoms with E-state index in [2.05, 4.69) is 16.0 Å². The lowest BCUT2D eigenvalue weighted by molar-refractivity contribution is -0.126. The van der Waals surface area contributed by atoms with Crippen molar-refractivity contribution in [3.8, 4) is 0 Å². The predicted molar refractivity (Wildman–Crippen MR) is 92.3 cm³/mol. The van der Waals surface area contributed by atoms with Crippen LogP contribution in [-0.2, 0) is 23.2 Å². The Morgan fingerprint density at radius 1 is 1.24 bits per heavy atom. The predicted octanol–water partition coefficient (Wildman–Crippen LogP) is 1.53. The van der Waals surface area contributed by atoms with E-state index < -0.39 is 30.6 Å². The molecular formula is C15H28N3O6P. The normalized spacial score (nSPS) is 21.0. The molecule has 25 heavy (non-hydrogen) atoms. The zero-order chi connectivity index (χ0) is 19.3. The van der Waals surface area contributed by atoms with E-state index >= 15 is 0 Å². The van der Waals surface area contributed by atoms with Gasteiger partial charge in [-0.05, 0) is 34.6 Å². The van der Waals surface area contributed by atoms with Gasteiger partial charge in [0.15, 0.2) is 0 Å². The molecule has 4 amide bonds. The summed E-state index contributed by atoms with van der Waals surface area (Å²) in [7, 11) is -3.28. The highest BCUT2D eigenvalue weighted by atomic mass is 31.2. The summed E-state index contributed by atoms with van der Waals surface area (Å²) in [4.78, 5) is 35.4. The van der Waals surface area contributed by atoms with Crippen molar-refractivity contribution in [3.63, 3.8) is 0 Å². The van der Waals surface area contributed by atoms with Gasteiger partial charge in [0.1, 0.15) is 5.54 Å². The fraction of sp³-hybridized carbons (Fsp3) is 0.800. The molecule has 1 saturated heterocycles. The first-order chi connectivity index (χ1) is 11.5. The van der Waals surface area contributed by atoms with Gasteiger partial charge in [0, 0.05) is 18.4 Å². The molecule has 1 atom stereocenters. The van der Waals surface area contributed by atoms with Gasteiger partial charge < -0.3 is 19.7 Å². The van der Waals surface area contributed by atoms with Gasteiger partial charge in [-0.3, -0.25) is 19.5 Å². The largest absolute Gasteiger partial charge is 0.351 e. The minimum atomic E-state index is -3.28. The molecule has 3 N–H and O–H groups in total. The highest BCUT2D eigenvalue weighted by molar-refractivity contribution is 7.53. The maximum Gasteiger partial charge on any atom is 0.331 e. The molecule has 1 aliphatic heterocycles. The van der Waals surface area contributed by atoms with Crippen LogP contribution >= 0.6 is 7.60 Å². The molecule has 1 fully saturated rings. The number of carbonyl (C=O) groups is 3. The fourth-order valence-electron chi connectivity index (χ4n) is 2.87. The lowest BCUT2D eigenvalue weighted by Gasteiger charge is -2.33. The number of amides is 4. The average Bonchev–Trinajstić information content (AvgIpc) is 2.68. The zero-order valence-corrected chi connectivity index (χ0v) is 16.3. The molecular weight excluding hydrogens is 349 g/mol. The van der Waals surface area contributed by atoms with Crippen LogP contribution < -0.4 is 16.0 Å². The molecule has 0 aromatic rings. The average molecular weight is 377 g/mol. The fourth-order valence-corrected chi connectivity index (χ4v) is 4.47. The summed E-state index contributed by atoms with van der Waals surface area (Å²) in [6.07, 6.45) is 0.152. The van der Waals surface area contributed by atoms with Crippen LogP contribution in [-0.4, -0.2) is 48.3 Å². The molecule has 9 nitrogen and oxygen atoms in total. The van der Waals surface area contributed by atoms with E-state index in [0.29, 0.717) is 0 Å². The van der Waals surface area contributed by atoms with Crippen LogP contribution in [0.3, 0.4) is 0 Å². The summed E-state index contributed by atoms with van der Waals surface area (Å²) >= 11 is 0. The molecule has 1 aliphatic rings. The second-order valence-electron chi connectivity index (χ2n) is 6.77. The molecule has 144 valence electrons. The summed E-state index contributed by atoms with van der Waals surface area (Å²) in [5.74, 6) is -0.769. The van der Waals surface area contributed by atoms with Gasteiger partial charge >= 0.3 is 13.6 Å². The Kier molecular flexibility index (Phi) is 7.17. The summed E-state index contributed by atoms with van der Waals surface area (Å²) in [5, 5.41) is 7.55. The van der Waals surface area contributed by atoms with Gasteiger partial charge in [0.25, 0.3) is 5.91 Å². The van der Waals surface area contributed by atoms with Crippen molar-refractivity contribution in [1.82, 2.24) is 16.0 Å². The molecule has 0 bridgehead atoms. The maximum absolute atomic E-state index is 12.4. The molecule has 0 radical (unpaired) electrons. The minimum absolute atomic E-state index is 0.0227. The van der Waals surface area contributed by atoms with Crippen molar-refractivity contribution in [2.45, 2.75) is 58.5 Å². The van der Waals surface area contributed by atoms with E-state index in [1.165, 1.54) is 0 Å². The Hall–Kier alpha value is -1.44. The first kappa shape index (κ1) is 21.6. The Balaban J connectivity index is 2.61. The number of rotatable bonds is 10. The van der Waals surface area contributed by atoms with Crippen LogP contribution in [0, 0.1) is 0 Å². The highest BCUT2D eigenvalue weighted by Gasteiger charge is 2.45. The number of urea groups is 1. The molecule has 1 unspecified atom stereocenters. The number of nitrogens with one attached hydrogen (secondary N) is 3. The SMILES string of the molecule is CCOP(=O)(CCC(=O)NC(C)(C)CC1(C)NC(=O)NC1=O)OCC. The molecule has 1 rings (SSSR count). The van der Waals surface area contributed by atoms with Crippen LogP contribution in [0.4, 0.5) is 4.79 Å². The molecule has 0 aliphatic carbocycles. The van der Waals surface area contributed by atoms with E-state index in [9.17, 15) is 18.9 Å². The van der Waals surface area contributed by atoms with Gasteiger partial charge in [0.05, 0.1) is 19.4 Å². The van der Waals surface area contributed by atoms with E-state index in [4.69, 9.17) is 9.05 Å². The van der Waals surface area contributed by atoms with Crippen LogP contribution in [0.1, 0.15) is 47.5 Å². The maximum atomic E-state index is 12.4. The number of imide groups is 1. The van der Waals surface area contributed by atoms with Crippen LogP contribution in [0.2, 0.25) is 0 Å². The molecule has 0 aromatic heterocycles. The Bertz CT molecular complexity index is 570. The molecule has 0 spiro atoms. The Morgan fingerprint density at radius 3 is 2.24 bits per heavy atom. The van der Waals surface area contributed by atoms with Crippen LogP contribution in [0.5, 0.6) is 0 Å². The molecule has 10 heteroatoms. The summed E-state index contributed by atoms with van der Waals surface area (Å²) in [6.45, 7) is 8.97. The van der Waals surface area contributed by atoms with E-state index in [-0.39, 0.29) is 38.1 Å². The molecule has 1 heterocycles. The smallest absolute Gasteiger partial charge is 0.331 e. The van der Waals surface area contributed by atoms with Crippen LogP contribution in [0.25, 0.3) is 0 Å². The number of hydrogen-bond donors (Lipinski definition) is 3.